The molecule has 0 N–H and O–H groups in total. The highest BCUT2D eigenvalue weighted by Crippen LogP contribution is 2.28. The molecule has 0 aliphatic rings. The fourth-order valence-electron chi connectivity index (χ4n) is 3.15. The van der Waals surface area contributed by atoms with Gasteiger partial charge < -0.3 is 0 Å². The molecule has 0 unspecified atom stereocenters. The Labute approximate surface area is 154 Å². The van der Waals surface area contributed by atoms with E-state index in [1.54, 1.807) is 0 Å². The van der Waals surface area contributed by atoms with Gasteiger partial charge in [-0.15, -0.1) is 0 Å². The minimum absolute atomic E-state index is 0.766. The van der Waals surface area contributed by atoms with Crippen LogP contribution in [0.1, 0.15) is 11.1 Å². The van der Waals surface area contributed by atoms with Crippen LogP contribution in [0.5, 0.6) is 0 Å². The van der Waals surface area contributed by atoms with E-state index in [0.717, 1.165) is 33.9 Å². The summed E-state index contributed by atoms with van der Waals surface area (Å²) in [4.78, 5) is 9.76. The van der Waals surface area contributed by atoms with E-state index < -0.39 is 0 Å². The Hall–Kier alpha value is -3.26. The molecule has 0 saturated carbocycles. The van der Waals surface area contributed by atoms with E-state index in [-0.39, 0.29) is 0 Å². The first kappa shape index (κ1) is 16.2. The van der Waals surface area contributed by atoms with Gasteiger partial charge >= 0.3 is 0 Å². The average Bonchev–Trinajstić information content (AvgIpc) is 2.69. The van der Waals surface area contributed by atoms with Crippen molar-refractivity contribution in [2.24, 2.45) is 0 Å². The van der Waals surface area contributed by atoms with E-state index in [1.165, 1.54) is 11.1 Å². The van der Waals surface area contributed by atoms with Crippen molar-refractivity contribution in [2.75, 3.05) is 0 Å². The molecule has 0 aliphatic carbocycles. The van der Waals surface area contributed by atoms with Gasteiger partial charge in [-0.05, 0) is 25.5 Å². The third-order valence-electron chi connectivity index (χ3n) is 4.49. The molecular weight excluding hydrogens is 316 g/mol. The molecule has 4 aromatic rings. The van der Waals surface area contributed by atoms with Gasteiger partial charge in [0.2, 0.25) is 0 Å². The minimum Gasteiger partial charge on any atom is -0.228 e. The summed E-state index contributed by atoms with van der Waals surface area (Å²) in [7, 11) is 0. The Morgan fingerprint density at radius 3 is 1.62 bits per heavy atom. The second kappa shape index (κ2) is 6.93. The van der Waals surface area contributed by atoms with Crippen LogP contribution >= 0.6 is 0 Å². The minimum atomic E-state index is 0.766. The predicted octanol–water partition coefficient (Wildman–Crippen LogP) is 6.09. The van der Waals surface area contributed by atoms with Crippen molar-refractivity contribution >= 4 is 0 Å². The lowest BCUT2D eigenvalue weighted by atomic mass is 10.0. The van der Waals surface area contributed by atoms with Gasteiger partial charge in [-0.2, -0.15) is 0 Å². The van der Waals surface area contributed by atoms with Crippen molar-refractivity contribution in [3.05, 3.63) is 96.1 Å². The first-order valence-corrected chi connectivity index (χ1v) is 8.78. The number of aryl methyl sites for hydroxylation is 2. The largest absolute Gasteiger partial charge is 0.228 e. The number of hydrogen-bond acceptors (Lipinski definition) is 2. The van der Waals surface area contributed by atoms with E-state index in [4.69, 9.17) is 9.97 Å². The topological polar surface area (TPSA) is 25.8 Å². The molecular formula is C24H20N2. The average molecular weight is 336 g/mol. The molecule has 2 nitrogen and oxygen atoms in total. The summed E-state index contributed by atoms with van der Waals surface area (Å²) in [6, 6.07) is 29.0. The summed E-state index contributed by atoms with van der Waals surface area (Å²) < 4.78 is 0. The van der Waals surface area contributed by atoms with E-state index >= 15 is 0 Å². The quantitative estimate of drug-likeness (QED) is 0.452. The van der Waals surface area contributed by atoms with Gasteiger partial charge in [0.05, 0.1) is 11.4 Å². The van der Waals surface area contributed by atoms with Crippen LogP contribution in [0, 0.1) is 13.8 Å². The molecule has 3 aromatic carbocycles. The van der Waals surface area contributed by atoms with Gasteiger partial charge in [-0.3, -0.25) is 0 Å². The lowest BCUT2D eigenvalue weighted by Gasteiger charge is -2.11. The number of nitrogens with zero attached hydrogens (tertiary/aromatic N) is 2. The fraction of sp³-hybridized carbons (Fsp3) is 0.0833. The summed E-state index contributed by atoms with van der Waals surface area (Å²) in [5.41, 5.74) is 7.58. The molecule has 0 radical (unpaired) electrons. The van der Waals surface area contributed by atoms with Crippen molar-refractivity contribution < 1.29 is 0 Å². The van der Waals surface area contributed by atoms with Gasteiger partial charge in [-0.25, -0.2) is 9.97 Å². The lowest BCUT2D eigenvalue weighted by Crippen LogP contribution is -1.97. The molecule has 0 amide bonds. The maximum Gasteiger partial charge on any atom is 0.160 e. The Bertz CT molecular complexity index is 981. The van der Waals surface area contributed by atoms with Crippen molar-refractivity contribution in [3.63, 3.8) is 0 Å². The molecule has 0 bridgehead atoms. The molecule has 1 aromatic heterocycles. The second-order valence-corrected chi connectivity index (χ2v) is 6.51. The third kappa shape index (κ3) is 3.27. The molecule has 1 heterocycles. The fourth-order valence-corrected chi connectivity index (χ4v) is 3.15. The van der Waals surface area contributed by atoms with E-state index in [0.29, 0.717) is 0 Å². The van der Waals surface area contributed by atoms with Crippen molar-refractivity contribution in [2.45, 2.75) is 13.8 Å². The van der Waals surface area contributed by atoms with Crippen LogP contribution in [0.25, 0.3) is 33.9 Å². The SMILES string of the molecule is Cc1ccc(-c2nc(-c3ccccc3)cc(-c3ccccc3)n2)c(C)c1. The van der Waals surface area contributed by atoms with Gasteiger partial charge in [0.1, 0.15) is 0 Å². The highest BCUT2D eigenvalue weighted by atomic mass is 14.9. The Balaban J connectivity index is 1.94. The maximum absolute atomic E-state index is 4.88. The first-order valence-electron chi connectivity index (χ1n) is 8.78. The third-order valence-corrected chi connectivity index (χ3v) is 4.49. The normalized spacial score (nSPS) is 10.7. The van der Waals surface area contributed by atoms with Crippen LogP contribution in [-0.4, -0.2) is 9.97 Å². The van der Waals surface area contributed by atoms with Crippen molar-refractivity contribution in [1.82, 2.24) is 9.97 Å². The molecule has 4 rings (SSSR count). The van der Waals surface area contributed by atoms with E-state index in [2.05, 4.69) is 62.4 Å². The zero-order valence-corrected chi connectivity index (χ0v) is 15.0. The van der Waals surface area contributed by atoms with Gasteiger partial charge in [-0.1, -0.05) is 84.4 Å². The smallest absolute Gasteiger partial charge is 0.160 e. The van der Waals surface area contributed by atoms with Gasteiger partial charge in [0, 0.05) is 16.7 Å². The highest BCUT2D eigenvalue weighted by molar-refractivity contribution is 5.72. The summed E-state index contributed by atoms with van der Waals surface area (Å²) in [5.74, 6) is 0.766. The van der Waals surface area contributed by atoms with Crippen LogP contribution in [-0.2, 0) is 0 Å². The van der Waals surface area contributed by atoms with E-state index in [9.17, 15) is 0 Å². The van der Waals surface area contributed by atoms with Crippen LogP contribution in [0.3, 0.4) is 0 Å². The molecule has 26 heavy (non-hydrogen) atoms. The highest BCUT2D eigenvalue weighted by Gasteiger charge is 2.11. The van der Waals surface area contributed by atoms with Gasteiger partial charge in [0.15, 0.2) is 5.82 Å². The summed E-state index contributed by atoms with van der Waals surface area (Å²) in [5, 5.41) is 0. The number of benzene rings is 3. The second-order valence-electron chi connectivity index (χ2n) is 6.51. The Morgan fingerprint density at radius 2 is 1.12 bits per heavy atom. The number of aromatic nitrogens is 2. The molecule has 126 valence electrons. The predicted molar refractivity (Wildman–Crippen MR) is 108 cm³/mol. The molecule has 0 saturated heterocycles. The molecule has 0 spiro atoms. The maximum atomic E-state index is 4.88. The molecule has 0 atom stereocenters. The van der Waals surface area contributed by atoms with Gasteiger partial charge in [0.25, 0.3) is 0 Å². The van der Waals surface area contributed by atoms with Crippen LogP contribution in [0.4, 0.5) is 0 Å². The van der Waals surface area contributed by atoms with Crippen molar-refractivity contribution in [3.8, 4) is 33.9 Å². The number of rotatable bonds is 3. The van der Waals surface area contributed by atoms with Crippen molar-refractivity contribution in [1.29, 1.82) is 0 Å². The first-order chi connectivity index (χ1) is 12.7. The monoisotopic (exact) mass is 336 g/mol. The summed E-state index contributed by atoms with van der Waals surface area (Å²) in [6.45, 7) is 4.22. The molecule has 0 aliphatic heterocycles. The Morgan fingerprint density at radius 1 is 0.577 bits per heavy atom. The van der Waals surface area contributed by atoms with Crippen LogP contribution in [0.2, 0.25) is 0 Å². The van der Waals surface area contributed by atoms with Crippen LogP contribution < -0.4 is 0 Å². The number of hydrogen-bond donors (Lipinski definition) is 0. The van der Waals surface area contributed by atoms with Crippen LogP contribution in [0.15, 0.2) is 84.9 Å². The molecule has 0 fully saturated rings. The zero-order chi connectivity index (χ0) is 17.9. The van der Waals surface area contributed by atoms with E-state index in [1.807, 2.05) is 36.4 Å². The Kier molecular flexibility index (Phi) is 4.32. The standard InChI is InChI=1S/C24H20N2/c1-17-13-14-21(18(2)15-17)24-25-22(19-9-5-3-6-10-19)16-23(26-24)20-11-7-4-8-12-20/h3-16H,1-2H3. The summed E-state index contributed by atoms with van der Waals surface area (Å²) >= 11 is 0. The lowest BCUT2D eigenvalue weighted by molar-refractivity contribution is 1.17. The molecule has 2 heteroatoms. The summed E-state index contributed by atoms with van der Waals surface area (Å²) in [6.07, 6.45) is 0. The zero-order valence-electron chi connectivity index (χ0n) is 15.0.